The van der Waals surface area contributed by atoms with Gasteiger partial charge in [0.15, 0.2) is 0 Å². The lowest BCUT2D eigenvalue weighted by Crippen LogP contribution is -2.41. The molecule has 0 spiro atoms. The Hall–Kier alpha value is -1.29. The third-order valence-corrected chi connectivity index (χ3v) is 2.55. The van der Waals surface area contributed by atoms with Crippen LogP contribution in [-0.4, -0.2) is 12.2 Å². The van der Waals surface area contributed by atoms with Crippen LogP contribution in [0.4, 0.5) is 13.2 Å². The molecule has 0 aromatic heterocycles. The second kappa shape index (κ2) is 6.59. The van der Waals surface area contributed by atoms with Crippen molar-refractivity contribution in [2.75, 3.05) is 0 Å². The summed E-state index contributed by atoms with van der Waals surface area (Å²) in [7, 11) is 0. The van der Waals surface area contributed by atoms with Gasteiger partial charge in [-0.1, -0.05) is 42.0 Å². The standard InChI is InChI=1S/C14H18F3N/c1-11(2)8-9-13(14(15,16)17)18-10-12-6-4-3-5-7-12/h3-8,13,18H,9-10H2,1-2H3. The maximum Gasteiger partial charge on any atom is 0.404 e. The van der Waals surface area contributed by atoms with Gasteiger partial charge in [-0.3, -0.25) is 0 Å². The van der Waals surface area contributed by atoms with Gasteiger partial charge < -0.3 is 5.32 Å². The van der Waals surface area contributed by atoms with E-state index in [9.17, 15) is 13.2 Å². The minimum Gasteiger partial charge on any atom is -0.302 e. The van der Waals surface area contributed by atoms with Crippen molar-refractivity contribution < 1.29 is 13.2 Å². The summed E-state index contributed by atoms with van der Waals surface area (Å²) in [4.78, 5) is 0. The number of rotatable bonds is 5. The van der Waals surface area contributed by atoms with Crippen molar-refractivity contribution in [3.63, 3.8) is 0 Å². The molecule has 18 heavy (non-hydrogen) atoms. The summed E-state index contributed by atoms with van der Waals surface area (Å²) in [5, 5.41) is 2.56. The fourth-order valence-corrected chi connectivity index (χ4v) is 1.52. The zero-order valence-electron chi connectivity index (χ0n) is 10.6. The normalized spacial score (nSPS) is 13.2. The lowest BCUT2D eigenvalue weighted by molar-refractivity contribution is -0.155. The summed E-state index contributed by atoms with van der Waals surface area (Å²) in [6, 6.07) is 7.59. The maximum atomic E-state index is 12.8. The topological polar surface area (TPSA) is 12.0 Å². The summed E-state index contributed by atoms with van der Waals surface area (Å²) < 4.78 is 38.3. The molecule has 0 aliphatic carbocycles. The first kappa shape index (κ1) is 14.8. The molecule has 0 radical (unpaired) electrons. The van der Waals surface area contributed by atoms with Crippen LogP contribution in [0.2, 0.25) is 0 Å². The molecule has 0 bridgehead atoms. The zero-order chi connectivity index (χ0) is 13.6. The highest BCUT2D eigenvalue weighted by molar-refractivity contribution is 5.14. The van der Waals surface area contributed by atoms with Crippen molar-refractivity contribution in [1.29, 1.82) is 0 Å². The first-order chi connectivity index (χ1) is 8.39. The molecule has 1 unspecified atom stereocenters. The Morgan fingerprint density at radius 3 is 2.33 bits per heavy atom. The van der Waals surface area contributed by atoms with Gasteiger partial charge in [0.05, 0.1) is 0 Å². The molecule has 1 aromatic rings. The monoisotopic (exact) mass is 257 g/mol. The molecule has 1 atom stereocenters. The number of hydrogen-bond acceptors (Lipinski definition) is 1. The van der Waals surface area contributed by atoms with Crippen LogP contribution in [0.15, 0.2) is 42.0 Å². The number of halogens is 3. The molecule has 0 aliphatic rings. The van der Waals surface area contributed by atoms with Crippen LogP contribution in [0, 0.1) is 0 Å². The van der Waals surface area contributed by atoms with E-state index in [0.29, 0.717) is 0 Å². The second-order valence-corrected chi connectivity index (χ2v) is 4.48. The van der Waals surface area contributed by atoms with Crippen molar-refractivity contribution in [3.05, 3.63) is 47.5 Å². The molecule has 100 valence electrons. The molecule has 0 saturated carbocycles. The van der Waals surface area contributed by atoms with Gasteiger partial charge in [0.2, 0.25) is 0 Å². The summed E-state index contributed by atoms with van der Waals surface area (Å²) in [6.07, 6.45) is -2.64. The Labute approximate surface area is 106 Å². The van der Waals surface area contributed by atoms with E-state index < -0.39 is 12.2 Å². The van der Waals surface area contributed by atoms with Gasteiger partial charge in [0, 0.05) is 6.54 Å². The molecular weight excluding hydrogens is 239 g/mol. The van der Waals surface area contributed by atoms with Crippen molar-refractivity contribution >= 4 is 0 Å². The smallest absolute Gasteiger partial charge is 0.302 e. The minimum absolute atomic E-state index is 0.0291. The number of allylic oxidation sites excluding steroid dienone is 1. The predicted molar refractivity (Wildman–Crippen MR) is 67.2 cm³/mol. The molecule has 0 fully saturated rings. The van der Waals surface area contributed by atoms with Gasteiger partial charge >= 0.3 is 6.18 Å². The largest absolute Gasteiger partial charge is 0.404 e. The molecule has 1 nitrogen and oxygen atoms in total. The lowest BCUT2D eigenvalue weighted by atomic mass is 10.1. The third kappa shape index (κ3) is 5.36. The first-order valence-electron chi connectivity index (χ1n) is 5.87. The van der Waals surface area contributed by atoms with Gasteiger partial charge in [-0.2, -0.15) is 13.2 Å². The van der Waals surface area contributed by atoms with Gasteiger partial charge in [0.1, 0.15) is 6.04 Å². The fourth-order valence-electron chi connectivity index (χ4n) is 1.52. The quantitative estimate of drug-likeness (QED) is 0.784. The Kier molecular flexibility index (Phi) is 5.41. The summed E-state index contributed by atoms with van der Waals surface area (Å²) >= 11 is 0. The molecule has 1 aromatic carbocycles. The van der Waals surface area contributed by atoms with E-state index in [1.165, 1.54) is 0 Å². The SMILES string of the molecule is CC(C)=CCC(NCc1ccccc1)C(F)(F)F. The van der Waals surface area contributed by atoms with Crippen LogP contribution < -0.4 is 5.32 Å². The van der Waals surface area contributed by atoms with Crippen molar-refractivity contribution in [2.24, 2.45) is 0 Å². The van der Waals surface area contributed by atoms with Crippen LogP contribution in [0.1, 0.15) is 25.8 Å². The maximum absolute atomic E-state index is 12.8. The number of benzene rings is 1. The third-order valence-electron chi connectivity index (χ3n) is 2.55. The van der Waals surface area contributed by atoms with Crippen molar-refractivity contribution in [3.8, 4) is 0 Å². The van der Waals surface area contributed by atoms with E-state index in [1.807, 2.05) is 18.2 Å². The molecule has 4 heteroatoms. The van der Waals surface area contributed by atoms with E-state index >= 15 is 0 Å². The Bertz CT molecular complexity index is 378. The van der Waals surface area contributed by atoms with Gasteiger partial charge in [-0.15, -0.1) is 0 Å². The molecule has 0 aliphatic heterocycles. The average molecular weight is 257 g/mol. The fraction of sp³-hybridized carbons (Fsp3) is 0.429. The van der Waals surface area contributed by atoms with E-state index in [0.717, 1.165) is 11.1 Å². The van der Waals surface area contributed by atoms with Crippen LogP contribution >= 0.6 is 0 Å². The molecule has 0 heterocycles. The lowest BCUT2D eigenvalue weighted by Gasteiger charge is -2.20. The van der Waals surface area contributed by atoms with Gasteiger partial charge in [0.25, 0.3) is 0 Å². The highest BCUT2D eigenvalue weighted by Gasteiger charge is 2.38. The predicted octanol–water partition coefficient (Wildman–Crippen LogP) is 4.06. The summed E-state index contributed by atoms with van der Waals surface area (Å²) in [6.45, 7) is 3.82. The number of hydrogen-bond donors (Lipinski definition) is 1. The average Bonchev–Trinajstić information content (AvgIpc) is 2.28. The number of alkyl halides is 3. The summed E-state index contributed by atoms with van der Waals surface area (Å²) in [5.41, 5.74) is 1.75. The Morgan fingerprint density at radius 2 is 1.83 bits per heavy atom. The van der Waals surface area contributed by atoms with Crippen LogP contribution in [0.5, 0.6) is 0 Å². The molecular formula is C14H18F3N. The van der Waals surface area contributed by atoms with E-state index in [4.69, 9.17) is 0 Å². The van der Waals surface area contributed by atoms with E-state index in [2.05, 4.69) is 5.32 Å². The highest BCUT2D eigenvalue weighted by atomic mass is 19.4. The zero-order valence-corrected chi connectivity index (χ0v) is 10.6. The van der Waals surface area contributed by atoms with Crippen LogP contribution in [-0.2, 0) is 6.54 Å². The molecule has 0 saturated heterocycles. The van der Waals surface area contributed by atoms with Crippen LogP contribution in [0.25, 0.3) is 0 Å². The Balaban J connectivity index is 2.60. The minimum atomic E-state index is -4.22. The number of nitrogens with one attached hydrogen (secondary N) is 1. The van der Waals surface area contributed by atoms with Crippen molar-refractivity contribution in [1.82, 2.24) is 5.32 Å². The second-order valence-electron chi connectivity index (χ2n) is 4.48. The van der Waals surface area contributed by atoms with E-state index in [-0.39, 0.29) is 13.0 Å². The molecule has 1 N–H and O–H groups in total. The van der Waals surface area contributed by atoms with Gasteiger partial charge in [-0.25, -0.2) is 0 Å². The first-order valence-corrected chi connectivity index (χ1v) is 5.87. The van der Waals surface area contributed by atoms with Crippen LogP contribution in [0.3, 0.4) is 0 Å². The summed E-state index contributed by atoms with van der Waals surface area (Å²) in [5.74, 6) is 0. The van der Waals surface area contributed by atoms with Gasteiger partial charge in [-0.05, 0) is 25.8 Å². The van der Waals surface area contributed by atoms with E-state index in [1.54, 1.807) is 32.1 Å². The highest BCUT2D eigenvalue weighted by Crippen LogP contribution is 2.23. The Morgan fingerprint density at radius 1 is 1.22 bits per heavy atom. The molecule has 0 amide bonds. The molecule has 1 rings (SSSR count). The van der Waals surface area contributed by atoms with Crippen molar-refractivity contribution in [2.45, 2.75) is 39.0 Å².